The van der Waals surface area contributed by atoms with Crippen LogP contribution >= 0.6 is 45.7 Å². The van der Waals surface area contributed by atoms with Crippen molar-refractivity contribution in [2.45, 2.75) is 0 Å². The summed E-state index contributed by atoms with van der Waals surface area (Å²) >= 11 is 1.38. The summed E-state index contributed by atoms with van der Waals surface area (Å²) in [5.74, 6) is 0. The molecule has 0 aliphatic heterocycles. The summed E-state index contributed by atoms with van der Waals surface area (Å²) in [7, 11) is 4.41. The van der Waals surface area contributed by atoms with Crippen molar-refractivity contribution in [3.05, 3.63) is 0 Å². The molecule has 8 heteroatoms. The zero-order valence-electron chi connectivity index (χ0n) is 6.27. The van der Waals surface area contributed by atoms with Crippen LogP contribution in [0.5, 0.6) is 0 Å². The standard InChI is InChI=1S/C4H6O4S4/c1-7-9-3(5)11-12-4(6)10-8-2/h1-2H3. The zero-order chi connectivity index (χ0) is 9.40. The van der Waals surface area contributed by atoms with Crippen molar-refractivity contribution in [2.75, 3.05) is 14.2 Å². The molecular formula is C4H6O4S4. The minimum absolute atomic E-state index is 0.271. The number of rotatable bonds is 2. The molecule has 0 aromatic heterocycles. The van der Waals surface area contributed by atoms with Crippen molar-refractivity contribution < 1.29 is 18.0 Å². The number of hydrogen-bond acceptors (Lipinski definition) is 8. The van der Waals surface area contributed by atoms with Gasteiger partial charge in [0.05, 0.1) is 38.3 Å². The van der Waals surface area contributed by atoms with E-state index in [0.29, 0.717) is 24.1 Å². The Kier molecular flexibility index (Phi) is 8.72. The molecule has 0 heterocycles. The second-order valence-electron chi connectivity index (χ2n) is 1.17. The molecule has 0 fully saturated rings. The van der Waals surface area contributed by atoms with Gasteiger partial charge in [-0.05, 0) is 0 Å². The SMILES string of the molecule is COSC(=O)SSC(=O)SOC. The molecule has 0 radical (unpaired) electrons. The van der Waals surface area contributed by atoms with E-state index in [4.69, 9.17) is 0 Å². The van der Waals surface area contributed by atoms with E-state index in [9.17, 15) is 9.59 Å². The Morgan fingerprint density at radius 3 is 1.50 bits per heavy atom. The third-order valence-electron chi connectivity index (χ3n) is 0.480. The van der Waals surface area contributed by atoms with Gasteiger partial charge in [0, 0.05) is 21.6 Å². The predicted octanol–water partition coefficient (Wildman–Crippen LogP) is 3.20. The van der Waals surface area contributed by atoms with E-state index < -0.39 is 0 Å². The topological polar surface area (TPSA) is 52.6 Å². The summed E-state index contributed by atoms with van der Waals surface area (Å²) in [6, 6.07) is 0. The maximum absolute atomic E-state index is 10.7. The molecular weight excluding hydrogens is 240 g/mol. The van der Waals surface area contributed by atoms with Crippen LogP contribution in [0.1, 0.15) is 0 Å². The fourth-order valence-corrected chi connectivity index (χ4v) is 2.79. The lowest BCUT2D eigenvalue weighted by Crippen LogP contribution is -1.81. The van der Waals surface area contributed by atoms with Gasteiger partial charge in [0.15, 0.2) is 0 Å². The van der Waals surface area contributed by atoms with Crippen molar-refractivity contribution in [1.82, 2.24) is 0 Å². The summed E-state index contributed by atoms with van der Waals surface area (Å²) in [6.07, 6.45) is 0. The van der Waals surface area contributed by atoms with Gasteiger partial charge in [-0.1, -0.05) is 0 Å². The highest BCUT2D eigenvalue weighted by molar-refractivity contribution is 8.92. The average molecular weight is 246 g/mol. The number of hydrogen-bond donors (Lipinski definition) is 0. The first kappa shape index (κ1) is 12.7. The molecule has 0 rings (SSSR count). The van der Waals surface area contributed by atoms with E-state index in [1.54, 1.807) is 0 Å². The third-order valence-corrected chi connectivity index (χ3v) is 4.14. The van der Waals surface area contributed by atoms with Crippen LogP contribution in [-0.4, -0.2) is 23.1 Å². The molecule has 0 aliphatic rings. The summed E-state index contributed by atoms with van der Waals surface area (Å²) in [5, 5.41) is 0. The molecule has 0 atom stereocenters. The quantitative estimate of drug-likeness (QED) is 0.544. The Morgan fingerprint density at radius 1 is 0.917 bits per heavy atom. The molecule has 70 valence electrons. The van der Waals surface area contributed by atoms with Crippen molar-refractivity contribution in [3.63, 3.8) is 0 Å². The molecule has 0 saturated heterocycles. The van der Waals surface area contributed by atoms with E-state index in [1.807, 2.05) is 0 Å². The Labute approximate surface area is 86.7 Å². The maximum atomic E-state index is 10.7. The molecule has 0 aromatic carbocycles. The van der Waals surface area contributed by atoms with E-state index in [1.165, 1.54) is 14.2 Å². The normalized spacial score (nSPS) is 9.83. The summed E-state index contributed by atoms with van der Waals surface area (Å²) in [6.45, 7) is 0. The highest BCUT2D eigenvalue weighted by Gasteiger charge is 2.10. The number of carbonyl (C=O) groups is 2. The van der Waals surface area contributed by atoms with Crippen molar-refractivity contribution in [1.29, 1.82) is 0 Å². The largest absolute Gasteiger partial charge is 0.311 e. The van der Waals surface area contributed by atoms with Gasteiger partial charge in [-0.3, -0.25) is 9.59 Å². The van der Waals surface area contributed by atoms with Gasteiger partial charge in [-0.2, -0.15) is 0 Å². The molecule has 4 nitrogen and oxygen atoms in total. The molecule has 12 heavy (non-hydrogen) atoms. The monoisotopic (exact) mass is 246 g/mol. The highest BCUT2D eigenvalue weighted by Crippen LogP contribution is 2.33. The van der Waals surface area contributed by atoms with Crippen LogP contribution in [0.25, 0.3) is 0 Å². The molecule has 0 amide bonds. The van der Waals surface area contributed by atoms with Crippen LogP contribution in [0, 0.1) is 0 Å². The van der Waals surface area contributed by atoms with Gasteiger partial charge >= 0.3 is 0 Å². The Morgan fingerprint density at radius 2 is 1.25 bits per heavy atom. The molecule has 0 bridgehead atoms. The van der Waals surface area contributed by atoms with Gasteiger partial charge in [0.2, 0.25) is 0 Å². The van der Waals surface area contributed by atoms with Gasteiger partial charge in [-0.25, -0.2) is 0 Å². The van der Waals surface area contributed by atoms with Crippen molar-refractivity contribution in [2.24, 2.45) is 0 Å². The summed E-state index contributed by atoms with van der Waals surface area (Å²) < 4.78 is 8.42. The van der Waals surface area contributed by atoms with E-state index in [-0.39, 0.29) is 8.89 Å². The lowest BCUT2D eigenvalue weighted by molar-refractivity contribution is 0.274. The fraction of sp³-hybridized carbons (Fsp3) is 0.500. The van der Waals surface area contributed by atoms with Gasteiger partial charge in [-0.15, -0.1) is 0 Å². The second kappa shape index (κ2) is 8.27. The maximum Gasteiger partial charge on any atom is 0.283 e. The van der Waals surface area contributed by atoms with Crippen LogP contribution in [0.3, 0.4) is 0 Å². The van der Waals surface area contributed by atoms with Crippen LogP contribution in [0.4, 0.5) is 9.59 Å². The van der Waals surface area contributed by atoms with Gasteiger partial charge in [0.25, 0.3) is 8.89 Å². The lowest BCUT2D eigenvalue weighted by atomic mass is 11.8. The van der Waals surface area contributed by atoms with Crippen LogP contribution in [-0.2, 0) is 8.37 Å². The van der Waals surface area contributed by atoms with Gasteiger partial charge < -0.3 is 8.37 Å². The smallest absolute Gasteiger partial charge is 0.283 e. The number of carbonyl (C=O) groups excluding carboxylic acids is 2. The predicted molar refractivity (Wildman–Crippen MR) is 55.2 cm³/mol. The Hall–Kier alpha value is 0.660. The van der Waals surface area contributed by atoms with Crippen LogP contribution < -0.4 is 0 Å². The van der Waals surface area contributed by atoms with Crippen LogP contribution in [0.15, 0.2) is 0 Å². The van der Waals surface area contributed by atoms with Crippen molar-refractivity contribution >= 4 is 54.6 Å². The minimum atomic E-state index is -0.271. The average Bonchev–Trinajstić information content (AvgIpc) is 2.02. The Bertz CT molecular complexity index is 143. The lowest BCUT2D eigenvalue weighted by Gasteiger charge is -1.94. The zero-order valence-corrected chi connectivity index (χ0v) is 9.53. The van der Waals surface area contributed by atoms with Crippen molar-refractivity contribution in [3.8, 4) is 0 Å². The summed E-state index contributed by atoms with van der Waals surface area (Å²) in [4.78, 5) is 21.5. The first-order chi connectivity index (χ1) is 5.70. The second-order valence-corrected chi connectivity index (χ2v) is 5.50. The first-order valence-corrected chi connectivity index (χ1v) is 6.17. The molecule has 0 aliphatic carbocycles. The highest BCUT2D eigenvalue weighted by atomic mass is 33.1. The fourth-order valence-electron chi connectivity index (χ4n) is 0.232. The van der Waals surface area contributed by atoms with E-state index in [2.05, 4.69) is 8.37 Å². The molecule has 0 N–H and O–H groups in total. The summed E-state index contributed by atoms with van der Waals surface area (Å²) in [5.41, 5.74) is 0. The molecule has 0 spiro atoms. The van der Waals surface area contributed by atoms with Crippen LogP contribution in [0.2, 0.25) is 0 Å². The molecule has 0 saturated carbocycles. The Balaban J connectivity index is 3.40. The van der Waals surface area contributed by atoms with Gasteiger partial charge in [0.1, 0.15) is 0 Å². The third kappa shape index (κ3) is 7.32. The molecule has 0 aromatic rings. The molecule has 0 unspecified atom stereocenters. The first-order valence-electron chi connectivity index (χ1n) is 2.54. The van der Waals surface area contributed by atoms with E-state index in [0.717, 1.165) is 21.6 Å². The van der Waals surface area contributed by atoms with E-state index >= 15 is 0 Å². The minimum Gasteiger partial charge on any atom is -0.311 e.